The summed E-state index contributed by atoms with van der Waals surface area (Å²) in [6.07, 6.45) is 0. The van der Waals surface area contributed by atoms with E-state index >= 15 is 0 Å². The number of piperazine rings is 1. The fourth-order valence-corrected chi connectivity index (χ4v) is 3.66. The van der Waals surface area contributed by atoms with Crippen molar-refractivity contribution in [3.8, 4) is 0 Å². The van der Waals surface area contributed by atoms with Gasteiger partial charge in [0.25, 0.3) is 5.91 Å². The van der Waals surface area contributed by atoms with Crippen LogP contribution >= 0.6 is 0 Å². The van der Waals surface area contributed by atoms with Crippen LogP contribution in [0.15, 0.2) is 48.5 Å². The predicted molar refractivity (Wildman–Crippen MR) is 108 cm³/mol. The third-order valence-electron chi connectivity index (χ3n) is 5.20. The second kappa shape index (κ2) is 9.48. The fraction of sp³-hybridized carbons (Fsp3) is 0.364. The zero-order valence-electron chi connectivity index (χ0n) is 16.6. The Labute approximate surface area is 166 Å². The zero-order valence-corrected chi connectivity index (χ0v) is 16.6. The van der Waals surface area contributed by atoms with Crippen LogP contribution in [-0.2, 0) is 16.1 Å². The number of carbonyl (C=O) groups is 2. The molecule has 2 aromatic carbocycles. The number of rotatable bonds is 6. The van der Waals surface area contributed by atoms with Gasteiger partial charge in [0, 0.05) is 11.3 Å². The van der Waals surface area contributed by atoms with Crippen LogP contribution in [0.3, 0.4) is 0 Å². The first-order valence-electron chi connectivity index (χ1n) is 9.74. The Kier molecular flexibility index (Phi) is 6.79. The highest BCUT2D eigenvalue weighted by Crippen LogP contribution is 2.10. The van der Waals surface area contributed by atoms with E-state index in [-0.39, 0.29) is 11.9 Å². The molecule has 0 spiro atoms. The summed E-state index contributed by atoms with van der Waals surface area (Å²) in [5.41, 5.74) is 3.85. The van der Waals surface area contributed by atoms with Gasteiger partial charge in [0.15, 0.2) is 6.54 Å². The first-order chi connectivity index (χ1) is 13.5. The van der Waals surface area contributed by atoms with Crippen LogP contribution in [-0.4, -0.2) is 51.7 Å². The Morgan fingerprint density at radius 2 is 1.68 bits per heavy atom. The Morgan fingerprint density at radius 3 is 2.32 bits per heavy atom. The lowest BCUT2D eigenvalue weighted by molar-refractivity contribution is -1.02. The lowest BCUT2D eigenvalue weighted by atomic mass is 10.1. The maximum atomic E-state index is 12.3. The molecular weight excluding hydrogens is 354 g/mol. The highest BCUT2D eigenvalue weighted by Gasteiger charge is 2.24. The van der Waals surface area contributed by atoms with Crippen LogP contribution in [0.5, 0.6) is 0 Å². The molecule has 1 aliphatic rings. The number of methoxy groups -OCH3 is 1. The van der Waals surface area contributed by atoms with E-state index in [4.69, 9.17) is 0 Å². The number of hydrogen-bond acceptors (Lipinski definition) is 3. The SMILES string of the molecule is COC(=O)c1ccc(NC(=O)C[NH+]2CC[NH+](Cc3cccc(C)c3)CC2)cc1. The van der Waals surface area contributed by atoms with E-state index in [1.54, 1.807) is 29.2 Å². The van der Waals surface area contributed by atoms with Gasteiger partial charge in [-0.05, 0) is 31.2 Å². The van der Waals surface area contributed by atoms with Crippen molar-refractivity contribution in [1.82, 2.24) is 0 Å². The fourth-order valence-electron chi connectivity index (χ4n) is 3.66. The summed E-state index contributed by atoms with van der Waals surface area (Å²) in [6, 6.07) is 15.5. The molecule has 28 heavy (non-hydrogen) atoms. The Bertz CT molecular complexity index is 812. The first kappa shape index (κ1) is 20.0. The number of carbonyl (C=O) groups excluding carboxylic acids is 2. The van der Waals surface area contributed by atoms with Gasteiger partial charge in [-0.3, -0.25) is 4.79 Å². The van der Waals surface area contributed by atoms with Crippen molar-refractivity contribution < 1.29 is 24.1 Å². The molecule has 0 atom stereocenters. The molecular formula is C22H29N3O3+2. The summed E-state index contributed by atoms with van der Waals surface area (Å²) >= 11 is 0. The molecule has 6 heteroatoms. The monoisotopic (exact) mass is 383 g/mol. The van der Waals surface area contributed by atoms with Crippen molar-refractivity contribution in [1.29, 1.82) is 0 Å². The molecule has 6 nitrogen and oxygen atoms in total. The summed E-state index contributed by atoms with van der Waals surface area (Å²) < 4.78 is 4.68. The average Bonchev–Trinajstić information content (AvgIpc) is 2.69. The van der Waals surface area contributed by atoms with Gasteiger partial charge in [0.2, 0.25) is 0 Å². The van der Waals surface area contributed by atoms with E-state index in [2.05, 4.69) is 41.2 Å². The van der Waals surface area contributed by atoms with Crippen LogP contribution in [0, 0.1) is 6.92 Å². The largest absolute Gasteiger partial charge is 0.465 e. The summed E-state index contributed by atoms with van der Waals surface area (Å²) in [5, 5.41) is 2.91. The summed E-state index contributed by atoms with van der Waals surface area (Å²) in [7, 11) is 1.35. The van der Waals surface area contributed by atoms with Crippen LogP contribution in [0.4, 0.5) is 5.69 Å². The number of quaternary nitrogens is 2. The van der Waals surface area contributed by atoms with E-state index < -0.39 is 0 Å². The number of anilines is 1. The smallest absolute Gasteiger partial charge is 0.337 e. The highest BCUT2D eigenvalue weighted by molar-refractivity contribution is 5.93. The number of ether oxygens (including phenoxy) is 1. The third kappa shape index (κ3) is 5.65. The summed E-state index contributed by atoms with van der Waals surface area (Å²) in [4.78, 5) is 26.7. The molecule has 0 unspecified atom stereocenters. The topological polar surface area (TPSA) is 64.3 Å². The Morgan fingerprint density at radius 1 is 1.00 bits per heavy atom. The molecule has 0 aromatic heterocycles. The van der Waals surface area contributed by atoms with Gasteiger partial charge in [-0.2, -0.15) is 0 Å². The lowest BCUT2D eigenvalue weighted by Gasteiger charge is -2.29. The molecule has 148 valence electrons. The molecule has 2 aromatic rings. The molecule has 1 fully saturated rings. The summed E-state index contributed by atoms with van der Waals surface area (Å²) in [6.45, 7) is 7.78. The molecule has 3 rings (SSSR count). The lowest BCUT2D eigenvalue weighted by Crippen LogP contribution is -3.28. The number of aryl methyl sites for hydroxylation is 1. The van der Waals surface area contributed by atoms with Crippen LogP contribution in [0.2, 0.25) is 0 Å². The molecule has 1 saturated heterocycles. The van der Waals surface area contributed by atoms with E-state index in [9.17, 15) is 9.59 Å². The third-order valence-corrected chi connectivity index (χ3v) is 5.20. The van der Waals surface area contributed by atoms with Gasteiger partial charge in [-0.15, -0.1) is 0 Å². The number of nitrogens with one attached hydrogen (secondary N) is 3. The number of hydrogen-bond donors (Lipinski definition) is 3. The highest BCUT2D eigenvalue weighted by atomic mass is 16.5. The van der Waals surface area contributed by atoms with Crippen molar-refractivity contribution >= 4 is 17.6 Å². The van der Waals surface area contributed by atoms with Crippen molar-refractivity contribution in [3.63, 3.8) is 0 Å². The second-order valence-electron chi connectivity index (χ2n) is 7.46. The normalized spacial score (nSPS) is 19.1. The van der Waals surface area contributed by atoms with Gasteiger partial charge < -0.3 is 19.9 Å². The maximum Gasteiger partial charge on any atom is 0.337 e. The van der Waals surface area contributed by atoms with Crippen molar-refractivity contribution in [2.45, 2.75) is 13.5 Å². The number of amides is 1. The molecule has 0 radical (unpaired) electrons. The standard InChI is InChI=1S/C22H27N3O3/c1-17-4-3-5-18(14-17)15-24-10-12-25(13-11-24)16-21(26)23-20-8-6-19(7-9-20)22(27)28-2/h3-9,14H,10-13,15-16H2,1-2H3,(H,23,26)/p+2. The minimum absolute atomic E-state index is 0.00273. The van der Waals surface area contributed by atoms with Crippen LogP contribution < -0.4 is 15.1 Å². The van der Waals surface area contributed by atoms with Crippen LogP contribution in [0.25, 0.3) is 0 Å². The van der Waals surface area contributed by atoms with Crippen molar-refractivity contribution in [3.05, 3.63) is 65.2 Å². The maximum absolute atomic E-state index is 12.3. The van der Waals surface area contributed by atoms with Crippen molar-refractivity contribution in [2.75, 3.05) is 45.2 Å². The molecule has 1 amide bonds. The van der Waals surface area contributed by atoms with Gasteiger partial charge >= 0.3 is 5.97 Å². The van der Waals surface area contributed by atoms with Crippen LogP contribution in [0.1, 0.15) is 21.5 Å². The quantitative estimate of drug-likeness (QED) is 0.601. The van der Waals surface area contributed by atoms with E-state index in [0.717, 1.165) is 32.7 Å². The average molecular weight is 383 g/mol. The van der Waals surface area contributed by atoms with E-state index in [1.807, 2.05) is 0 Å². The molecule has 1 heterocycles. The molecule has 3 N–H and O–H groups in total. The van der Waals surface area contributed by atoms with Gasteiger partial charge in [0.1, 0.15) is 32.7 Å². The van der Waals surface area contributed by atoms with Gasteiger partial charge in [0.05, 0.1) is 12.7 Å². The van der Waals surface area contributed by atoms with Gasteiger partial charge in [-0.25, -0.2) is 4.79 Å². The Hall–Kier alpha value is -2.70. The summed E-state index contributed by atoms with van der Waals surface area (Å²) in [5.74, 6) is -0.378. The second-order valence-corrected chi connectivity index (χ2v) is 7.46. The van der Waals surface area contributed by atoms with E-state index in [0.29, 0.717) is 17.8 Å². The van der Waals surface area contributed by atoms with Crippen molar-refractivity contribution in [2.24, 2.45) is 0 Å². The minimum atomic E-state index is -0.381. The Balaban J connectivity index is 1.43. The number of esters is 1. The molecule has 0 saturated carbocycles. The minimum Gasteiger partial charge on any atom is -0.465 e. The zero-order chi connectivity index (χ0) is 19.9. The van der Waals surface area contributed by atoms with Gasteiger partial charge in [-0.1, -0.05) is 29.8 Å². The number of benzene rings is 2. The predicted octanol–water partition coefficient (Wildman–Crippen LogP) is -0.296. The first-order valence-corrected chi connectivity index (χ1v) is 9.74. The molecule has 0 aliphatic carbocycles. The molecule has 0 bridgehead atoms. The van der Waals surface area contributed by atoms with E-state index in [1.165, 1.54) is 23.1 Å². The molecule has 1 aliphatic heterocycles.